The predicted molar refractivity (Wildman–Crippen MR) is 181 cm³/mol. The van der Waals surface area contributed by atoms with Gasteiger partial charge in [0, 0.05) is 25.5 Å². The van der Waals surface area contributed by atoms with Crippen LogP contribution in [0, 0.1) is 12.8 Å². The molecule has 9 nitrogen and oxygen atoms in total. The van der Waals surface area contributed by atoms with Gasteiger partial charge in [0.05, 0.1) is 12.0 Å². The van der Waals surface area contributed by atoms with Crippen molar-refractivity contribution in [1.82, 2.24) is 4.90 Å². The van der Waals surface area contributed by atoms with Crippen molar-refractivity contribution in [3.8, 4) is 0 Å². The molecule has 0 spiro atoms. The first-order chi connectivity index (χ1) is 23.2. The van der Waals surface area contributed by atoms with E-state index in [1.807, 2.05) is 49.4 Å². The summed E-state index contributed by atoms with van der Waals surface area (Å²) in [5.74, 6) is -3.79. The third-order valence-electron chi connectivity index (χ3n) is 8.30. The van der Waals surface area contributed by atoms with Gasteiger partial charge in [-0.1, -0.05) is 103 Å². The molecule has 1 N–H and O–H groups in total. The molecule has 3 atom stereocenters. The Balaban J connectivity index is 1.73. The number of ether oxygens (including phenoxy) is 2. The van der Waals surface area contributed by atoms with Crippen LogP contribution in [-0.2, 0) is 41.5 Å². The molecule has 4 rings (SSSR count). The minimum atomic E-state index is -1.63. The molecular formula is C39H43NO8. The number of hydrogen-bond donors (Lipinski definition) is 1. The summed E-state index contributed by atoms with van der Waals surface area (Å²) in [6.07, 6.45) is 1.93. The number of esters is 1. The molecule has 0 saturated carbocycles. The molecule has 1 aliphatic heterocycles. The van der Waals surface area contributed by atoms with Gasteiger partial charge in [0.2, 0.25) is 5.91 Å². The van der Waals surface area contributed by atoms with E-state index < -0.39 is 41.8 Å². The van der Waals surface area contributed by atoms with Crippen molar-refractivity contribution in [2.45, 2.75) is 70.9 Å². The molecular weight excluding hydrogens is 610 g/mol. The minimum absolute atomic E-state index is 0.0163. The van der Waals surface area contributed by atoms with E-state index in [1.54, 1.807) is 42.5 Å². The fraction of sp³-hybridized carbons (Fsp3) is 0.359. The number of amides is 2. The van der Waals surface area contributed by atoms with Crippen LogP contribution in [0.15, 0.2) is 91.0 Å². The topological polar surface area (TPSA) is 127 Å². The lowest BCUT2D eigenvalue weighted by molar-refractivity contribution is -0.158. The Kier molecular flexibility index (Phi) is 13.4. The summed E-state index contributed by atoms with van der Waals surface area (Å²) >= 11 is 0. The minimum Gasteiger partial charge on any atom is -0.453 e. The first kappa shape index (κ1) is 36.0. The van der Waals surface area contributed by atoms with E-state index in [2.05, 4.69) is 0 Å². The summed E-state index contributed by atoms with van der Waals surface area (Å²) < 4.78 is 10.9. The number of Topliss-reactive ketones (excluding diaryl/α,β-unsaturated/α-hetero) is 1. The highest BCUT2D eigenvalue weighted by Gasteiger charge is 2.45. The molecule has 48 heavy (non-hydrogen) atoms. The highest BCUT2D eigenvalue weighted by molar-refractivity contribution is 6.25. The van der Waals surface area contributed by atoms with Crippen molar-refractivity contribution in [2.75, 3.05) is 13.2 Å². The Bertz CT molecular complexity index is 1600. The van der Waals surface area contributed by atoms with Crippen molar-refractivity contribution >= 4 is 35.1 Å². The number of imide groups is 1. The molecule has 9 heteroatoms. The number of carbonyl (C=O) groups excluding carboxylic acids is 5. The summed E-state index contributed by atoms with van der Waals surface area (Å²) in [6, 6.07) is 24.9. The SMILES string of the molecule is CC(=O)O[C@@H](C(=O)C=C(C(=O)CCCCCCO)c1cccc(C)c1)[C@@H](Cc1ccccc1)C(=O)N1C(=O)OC[C@H]1Cc1ccccc1. The van der Waals surface area contributed by atoms with Crippen molar-refractivity contribution in [3.63, 3.8) is 0 Å². The molecule has 1 saturated heterocycles. The zero-order valence-electron chi connectivity index (χ0n) is 27.5. The Morgan fingerprint density at radius 3 is 2.23 bits per heavy atom. The van der Waals surface area contributed by atoms with E-state index in [9.17, 15) is 24.0 Å². The third-order valence-corrected chi connectivity index (χ3v) is 8.30. The second kappa shape index (κ2) is 17.9. The van der Waals surface area contributed by atoms with E-state index in [0.717, 1.165) is 35.8 Å². The number of ketones is 2. The fourth-order valence-electron chi connectivity index (χ4n) is 5.90. The number of rotatable bonds is 17. The highest BCUT2D eigenvalue weighted by Crippen LogP contribution is 2.28. The number of nitrogens with zero attached hydrogens (tertiary/aromatic N) is 1. The lowest BCUT2D eigenvalue weighted by Gasteiger charge is -2.29. The standard InChI is InChI=1S/C39H43NO8/c1-27-14-13-19-31(22-27)33(35(43)20-11-3-4-12-21-41)25-36(44)37(48-28(2)42)34(24-30-17-9-6-10-18-30)38(45)40-32(26-47-39(40)46)23-29-15-7-5-8-16-29/h5-10,13-19,22,25,32,34,37,41H,3-4,11-12,20-21,23-24,26H2,1-2H3/t32-,34-,37-/m1/s1. The van der Waals surface area contributed by atoms with Crippen LogP contribution in [-0.4, -0.2) is 64.9 Å². The quantitative estimate of drug-likeness (QED) is 0.109. The molecule has 0 bridgehead atoms. The summed E-state index contributed by atoms with van der Waals surface area (Å²) in [5, 5.41) is 9.09. The summed E-state index contributed by atoms with van der Waals surface area (Å²) in [7, 11) is 0. The smallest absolute Gasteiger partial charge is 0.416 e. The zero-order chi connectivity index (χ0) is 34.5. The van der Waals surface area contributed by atoms with Crippen LogP contribution in [0.3, 0.4) is 0 Å². The molecule has 1 fully saturated rings. The van der Waals surface area contributed by atoms with Gasteiger partial charge in [0.15, 0.2) is 17.7 Å². The predicted octanol–water partition coefficient (Wildman–Crippen LogP) is 5.84. The second-order valence-corrected chi connectivity index (χ2v) is 12.1. The Labute approximate surface area is 281 Å². The normalized spacial score (nSPS) is 15.8. The van der Waals surface area contributed by atoms with Gasteiger partial charge >= 0.3 is 12.1 Å². The van der Waals surface area contributed by atoms with E-state index in [-0.39, 0.29) is 37.4 Å². The summed E-state index contributed by atoms with van der Waals surface area (Å²) in [5.41, 5.74) is 3.15. The number of hydrogen-bond acceptors (Lipinski definition) is 8. The van der Waals surface area contributed by atoms with Crippen LogP contribution in [0.5, 0.6) is 0 Å². The van der Waals surface area contributed by atoms with Crippen LogP contribution in [0.4, 0.5) is 4.79 Å². The number of cyclic esters (lactones) is 1. The van der Waals surface area contributed by atoms with Crippen molar-refractivity contribution in [1.29, 1.82) is 0 Å². The van der Waals surface area contributed by atoms with Crippen molar-refractivity contribution in [3.05, 3.63) is 113 Å². The molecule has 0 radical (unpaired) electrons. The number of aryl methyl sites for hydroxylation is 1. The van der Waals surface area contributed by atoms with Gasteiger partial charge in [0.1, 0.15) is 6.61 Å². The Morgan fingerprint density at radius 1 is 0.917 bits per heavy atom. The maximum Gasteiger partial charge on any atom is 0.416 e. The second-order valence-electron chi connectivity index (χ2n) is 12.1. The van der Waals surface area contributed by atoms with Gasteiger partial charge in [-0.15, -0.1) is 0 Å². The average Bonchev–Trinajstić information content (AvgIpc) is 3.44. The molecule has 3 aromatic carbocycles. The van der Waals surface area contributed by atoms with Gasteiger partial charge in [-0.3, -0.25) is 19.2 Å². The third kappa shape index (κ3) is 10.1. The van der Waals surface area contributed by atoms with Crippen LogP contribution in [0.2, 0.25) is 0 Å². The maximum absolute atomic E-state index is 14.4. The van der Waals surface area contributed by atoms with E-state index in [1.165, 1.54) is 6.08 Å². The number of carbonyl (C=O) groups is 5. The first-order valence-corrected chi connectivity index (χ1v) is 16.4. The van der Waals surface area contributed by atoms with Gasteiger partial charge in [-0.05, 0) is 55.4 Å². The maximum atomic E-state index is 14.4. The Hall–Kier alpha value is -4.89. The van der Waals surface area contributed by atoms with Crippen LogP contribution in [0.1, 0.15) is 61.3 Å². The van der Waals surface area contributed by atoms with Crippen molar-refractivity contribution < 1.29 is 38.6 Å². The fourth-order valence-corrected chi connectivity index (χ4v) is 5.90. The van der Waals surface area contributed by atoms with Gasteiger partial charge in [-0.25, -0.2) is 9.69 Å². The first-order valence-electron chi connectivity index (χ1n) is 16.4. The molecule has 252 valence electrons. The highest BCUT2D eigenvalue weighted by atomic mass is 16.6. The van der Waals surface area contributed by atoms with Crippen LogP contribution in [0.25, 0.3) is 5.57 Å². The average molecular weight is 654 g/mol. The van der Waals surface area contributed by atoms with Crippen LogP contribution >= 0.6 is 0 Å². The Morgan fingerprint density at radius 2 is 1.58 bits per heavy atom. The van der Waals surface area contributed by atoms with Gasteiger partial charge in [0.25, 0.3) is 0 Å². The largest absolute Gasteiger partial charge is 0.453 e. The zero-order valence-corrected chi connectivity index (χ0v) is 27.5. The summed E-state index contributed by atoms with van der Waals surface area (Å²) in [6.45, 7) is 3.09. The molecule has 0 unspecified atom stereocenters. The number of aliphatic hydroxyl groups is 1. The van der Waals surface area contributed by atoms with E-state index in [4.69, 9.17) is 14.6 Å². The number of benzene rings is 3. The molecule has 1 heterocycles. The number of allylic oxidation sites excluding steroid dienone is 1. The van der Waals surface area contributed by atoms with Gasteiger partial charge < -0.3 is 14.6 Å². The van der Waals surface area contributed by atoms with Crippen molar-refractivity contribution in [2.24, 2.45) is 5.92 Å². The van der Waals surface area contributed by atoms with E-state index >= 15 is 0 Å². The van der Waals surface area contributed by atoms with Gasteiger partial charge in [-0.2, -0.15) is 0 Å². The molecule has 2 amide bonds. The van der Waals surface area contributed by atoms with E-state index in [0.29, 0.717) is 30.4 Å². The summed E-state index contributed by atoms with van der Waals surface area (Å²) in [4.78, 5) is 68.9. The number of aliphatic hydroxyl groups excluding tert-OH is 1. The lowest BCUT2D eigenvalue weighted by Crippen LogP contribution is -2.49. The lowest BCUT2D eigenvalue weighted by atomic mass is 9.87. The molecule has 1 aliphatic rings. The molecule has 3 aromatic rings. The van der Waals surface area contributed by atoms with Crippen LogP contribution < -0.4 is 0 Å². The monoisotopic (exact) mass is 653 g/mol. The molecule has 0 aromatic heterocycles. The molecule has 0 aliphatic carbocycles. The number of unbranched alkanes of at least 4 members (excludes halogenated alkanes) is 3.